The Morgan fingerprint density at radius 1 is 1.28 bits per heavy atom. The van der Waals surface area contributed by atoms with Gasteiger partial charge in [0.25, 0.3) is 5.91 Å². The summed E-state index contributed by atoms with van der Waals surface area (Å²) in [5.74, 6) is -0.367. The van der Waals surface area contributed by atoms with Gasteiger partial charge in [0, 0.05) is 38.4 Å². The molecule has 1 amide bonds. The Morgan fingerprint density at radius 2 is 1.97 bits per heavy atom. The lowest BCUT2D eigenvalue weighted by Crippen LogP contribution is -2.49. The minimum atomic E-state index is -0.518. The number of halogens is 1. The van der Waals surface area contributed by atoms with Gasteiger partial charge in [0.05, 0.1) is 24.9 Å². The van der Waals surface area contributed by atoms with Gasteiger partial charge in [-0.1, -0.05) is 6.07 Å². The van der Waals surface area contributed by atoms with Gasteiger partial charge in [0.15, 0.2) is 5.69 Å². The second-order valence-corrected chi connectivity index (χ2v) is 9.20. The lowest BCUT2D eigenvalue weighted by molar-refractivity contribution is -0.0588. The van der Waals surface area contributed by atoms with Gasteiger partial charge >= 0.3 is 0 Å². The number of carbonyl (C=O) groups excluding carboxylic acids is 1. The molecular formula is C23H33FN4O4. The van der Waals surface area contributed by atoms with Gasteiger partial charge in [0.2, 0.25) is 5.89 Å². The smallest absolute Gasteiger partial charge is 0.277 e. The van der Waals surface area contributed by atoms with Crippen LogP contribution < -0.4 is 5.32 Å². The normalized spacial score (nSPS) is 16.8. The number of hydrogen-bond donors (Lipinski definition) is 2. The summed E-state index contributed by atoms with van der Waals surface area (Å²) in [6.45, 7) is 12.2. The first-order valence-electron chi connectivity index (χ1n) is 10.9. The zero-order valence-corrected chi connectivity index (χ0v) is 19.2. The number of aryl methyl sites for hydroxylation is 1. The Kier molecular flexibility index (Phi) is 8.00. The standard InChI is InChI=1S/C23H33FN4O4/c1-16-5-6-17(11-19(16)24)25-22(30)20-15-31-21(26-20)13-28-9-7-27(8-10-28)12-18(29)14-32-23(2,3)4/h5-6,11,15,18,29H,7-10,12-14H2,1-4H3,(H,25,30). The number of nitrogens with zero attached hydrogens (tertiary/aromatic N) is 3. The van der Waals surface area contributed by atoms with E-state index in [1.807, 2.05) is 20.8 Å². The van der Waals surface area contributed by atoms with E-state index in [1.54, 1.807) is 19.1 Å². The minimum absolute atomic E-state index is 0.154. The average Bonchev–Trinajstić information content (AvgIpc) is 3.19. The Morgan fingerprint density at radius 3 is 2.62 bits per heavy atom. The van der Waals surface area contributed by atoms with Crippen molar-refractivity contribution in [3.63, 3.8) is 0 Å². The molecule has 0 radical (unpaired) electrons. The molecule has 0 spiro atoms. The summed E-state index contributed by atoms with van der Waals surface area (Å²) in [4.78, 5) is 21.0. The summed E-state index contributed by atoms with van der Waals surface area (Å²) >= 11 is 0. The molecule has 1 saturated heterocycles. The number of nitrogens with one attached hydrogen (secondary N) is 1. The SMILES string of the molecule is Cc1ccc(NC(=O)c2coc(CN3CCN(CC(O)COC(C)(C)C)CC3)n2)cc1F. The molecule has 176 valence electrons. The number of carbonyl (C=O) groups is 1. The molecule has 1 fully saturated rings. The van der Waals surface area contributed by atoms with Gasteiger partial charge < -0.3 is 19.6 Å². The number of β-amino-alcohol motifs (C(OH)–C–C–N with tert-alkyl or cyclic N) is 1. The third-order valence-corrected chi connectivity index (χ3v) is 5.22. The molecule has 0 bridgehead atoms. The molecule has 2 aromatic rings. The number of piperazine rings is 1. The monoisotopic (exact) mass is 448 g/mol. The largest absolute Gasteiger partial charge is 0.447 e. The predicted molar refractivity (Wildman–Crippen MR) is 119 cm³/mol. The lowest BCUT2D eigenvalue weighted by atomic mass is 10.2. The van der Waals surface area contributed by atoms with Crippen LogP contribution in [0.5, 0.6) is 0 Å². The topological polar surface area (TPSA) is 91.1 Å². The molecule has 32 heavy (non-hydrogen) atoms. The van der Waals surface area contributed by atoms with Gasteiger partial charge in [-0.05, 0) is 45.4 Å². The molecule has 3 rings (SSSR count). The van der Waals surface area contributed by atoms with Crippen LogP contribution in [0.15, 0.2) is 28.9 Å². The number of ether oxygens (including phenoxy) is 1. The number of aromatic nitrogens is 1. The highest BCUT2D eigenvalue weighted by Gasteiger charge is 2.22. The third-order valence-electron chi connectivity index (χ3n) is 5.22. The number of rotatable bonds is 8. The van der Waals surface area contributed by atoms with Crippen molar-refractivity contribution >= 4 is 11.6 Å². The van der Waals surface area contributed by atoms with E-state index in [4.69, 9.17) is 9.15 Å². The third kappa shape index (κ3) is 7.37. The van der Waals surface area contributed by atoms with E-state index in [9.17, 15) is 14.3 Å². The van der Waals surface area contributed by atoms with Crippen molar-refractivity contribution in [2.45, 2.75) is 45.9 Å². The Balaban J connectivity index is 1.43. The van der Waals surface area contributed by atoms with E-state index in [0.717, 1.165) is 26.2 Å². The van der Waals surface area contributed by atoms with Crippen LogP contribution in [0, 0.1) is 12.7 Å². The Hall–Kier alpha value is -2.33. The van der Waals surface area contributed by atoms with Crippen molar-refractivity contribution in [2.24, 2.45) is 0 Å². The second-order valence-electron chi connectivity index (χ2n) is 9.20. The summed E-state index contributed by atoms with van der Waals surface area (Å²) in [5, 5.41) is 12.8. The molecule has 2 N–H and O–H groups in total. The van der Waals surface area contributed by atoms with Crippen LogP contribution in [-0.2, 0) is 11.3 Å². The van der Waals surface area contributed by atoms with E-state index >= 15 is 0 Å². The van der Waals surface area contributed by atoms with Crippen LogP contribution >= 0.6 is 0 Å². The number of aliphatic hydroxyl groups is 1. The first kappa shape index (κ1) is 24.3. The number of hydrogen-bond acceptors (Lipinski definition) is 7. The molecule has 1 atom stereocenters. The maximum Gasteiger partial charge on any atom is 0.277 e. The molecule has 8 nitrogen and oxygen atoms in total. The number of anilines is 1. The fraction of sp³-hybridized carbons (Fsp3) is 0.565. The number of aliphatic hydroxyl groups excluding tert-OH is 1. The maximum atomic E-state index is 13.7. The molecule has 1 aliphatic heterocycles. The summed E-state index contributed by atoms with van der Waals surface area (Å²) in [7, 11) is 0. The molecular weight excluding hydrogens is 415 g/mol. The fourth-order valence-electron chi connectivity index (χ4n) is 3.37. The van der Waals surface area contributed by atoms with E-state index in [2.05, 4.69) is 20.1 Å². The van der Waals surface area contributed by atoms with Crippen LogP contribution in [0.4, 0.5) is 10.1 Å². The van der Waals surface area contributed by atoms with Crippen LogP contribution in [-0.4, -0.2) is 76.8 Å². The number of oxazole rings is 1. The zero-order valence-electron chi connectivity index (χ0n) is 19.2. The van der Waals surface area contributed by atoms with Gasteiger partial charge in [-0.15, -0.1) is 0 Å². The number of amides is 1. The minimum Gasteiger partial charge on any atom is -0.447 e. The molecule has 0 saturated carbocycles. The van der Waals surface area contributed by atoms with Crippen molar-refractivity contribution in [1.82, 2.24) is 14.8 Å². The van der Waals surface area contributed by atoms with Crippen molar-refractivity contribution in [2.75, 3.05) is 44.6 Å². The zero-order chi connectivity index (χ0) is 23.3. The van der Waals surface area contributed by atoms with Crippen LogP contribution in [0.3, 0.4) is 0 Å². The molecule has 1 aromatic carbocycles. The quantitative estimate of drug-likeness (QED) is 0.642. The first-order valence-corrected chi connectivity index (χ1v) is 10.9. The summed E-state index contributed by atoms with van der Waals surface area (Å²) in [6, 6.07) is 4.53. The predicted octanol–water partition coefficient (Wildman–Crippen LogP) is 2.67. The molecule has 1 aliphatic rings. The molecule has 1 aromatic heterocycles. The van der Waals surface area contributed by atoms with Crippen LogP contribution in [0.25, 0.3) is 0 Å². The first-order chi connectivity index (χ1) is 15.1. The van der Waals surface area contributed by atoms with Gasteiger partial charge in [-0.3, -0.25) is 14.6 Å². The molecule has 0 aliphatic carbocycles. The highest BCUT2D eigenvalue weighted by Crippen LogP contribution is 2.16. The Bertz CT molecular complexity index is 904. The van der Waals surface area contributed by atoms with Crippen LogP contribution in [0.2, 0.25) is 0 Å². The summed E-state index contributed by atoms with van der Waals surface area (Å²) in [6.07, 6.45) is 0.799. The van der Waals surface area contributed by atoms with Crippen molar-refractivity contribution in [1.29, 1.82) is 0 Å². The van der Waals surface area contributed by atoms with Crippen LogP contribution in [0.1, 0.15) is 42.7 Å². The van der Waals surface area contributed by atoms with Gasteiger partial charge in [0.1, 0.15) is 12.1 Å². The maximum absolute atomic E-state index is 13.7. The van der Waals surface area contributed by atoms with Gasteiger partial charge in [-0.2, -0.15) is 0 Å². The Labute approximate surface area is 188 Å². The highest BCUT2D eigenvalue weighted by molar-refractivity contribution is 6.02. The fourth-order valence-corrected chi connectivity index (χ4v) is 3.37. The average molecular weight is 449 g/mol. The second kappa shape index (κ2) is 10.5. The molecule has 1 unspecified atom stereocenters. The summed E-state index contributed by atoms with van der Waals surface area (Å²) < 4.78 is 24.8. The van der Waals surface area contributed by atoms with E-state index in [1.165, 1.54) is 12.3 Å². The summed E-state index contributed by atoms with van der Waals surface area (Å²) in [5.41, 5.74) is 0.775. The number of benzene rings is 1. The lowest BCUT2D eigenvalue weighted by Gasteiger charge is -2.35. The van der Waals surface area contributed by atoms with E-state index in [-0.39, 0.29) is 17.1 Å². The van der Waals surface area contributed by atoms with Crippen molar-refractivity contribution in [3.05, 3.63) is 47.4 Å². The molecule has 9 heteroatoms. The van der Waals surface area contributed by atoms with Crippen molar-refractivity contribution in [3.8, 4) is 0 Å². The van der Waals surface area contributed by atoms with Gasteiger partial charge in [-0.25, -0.2) is 9.37 Å². The van der Waals surface area contributed by atoms with Crippen molar-refractivity contribution < 1.29 is 23.4 Å². The van der Waals surface area contributed by atoms with E-state index < -0.39 is 12.0 Å². The molecule has 2 heterocycles. The highest BCUT2D eigenvalue weighted by atomic mass is 19.1. The van der Waals surface area contributed by atoms with E-state index in [0.29, 0.717) is 36.8 Å².